The SMILES string of the molecule is CCOc1cncc(C(NC)C(C)(CC)N2CCCC2)c1. The van der Waals surface area contributed by atoms with Crippen molar-refractivity contribution in [2.75, 3.05) is 26.7 Å². The van der Waals surface area contributed by atoms with Gasteiger partial charge in [-0.3, -0.25) is 9.88 Å². The molecule has 1 N–H and O–H groups in total. The molecule has 0 saturated carbocycles. The highest BCUT2D eigenvalue weighted by atomic mass is 16.5. The van der Waals surface area contributed by atoms with E-state index in [2.05, 4.69) is 35.1 Å². The fraction of sp³-hybridized carbons (Fsp3) is 0.706. The van der Waals surface area contributed by atoms with E-state index in [1.165, 1.54) is 31.5 Å². The normalized spacial score (nSPS) is 20.2. The van der Waals surface area contributed by atoms with Crippen molar-refractivity contribution in [3.05, 3.63) is 24.0 Å². The summed E-state index contributed by atoms with van der Waals surface area (Å²) in [6.07, 6.45) is 7.48. The zero-order chi connectivity index (χ0) is 15.3. The lowest BCUT2D eigenvalue weighted by molar-refractivity contribution is 0.0870. The first-order chi connectivity index (χ1) is 10.2. The van der Waals surface area contributed by atoms with Gasteiger partial charge in [-0.25, -0.2) is 0 Å². The van der Waals surface area contributed by atoms with Gasteiger partial charge in [-0.05, 0) is 64.9 Å². The quantitative estimate of drug-likeness (QED) is 0.838. The number of aromatic nitrogens is 1. The molecular weight excluding hydrogens is 262 g/mol. The van der Waals surface area contributed by atoms with Gasteiger partial charge in [-0.1, -0.05) is 6.92 Å². The van der Waals surface area contributed by atoms with Crippen LogP contribution in [-0.2, 0) is 0 Å². The molecule has 4 nitrogen and oxygen atoms in total. The molecule has 1 saturated heterocycles. The van der Waals surface area contributed by atoms with E-state index >= 15 is 0 Å². The summed E-state index contributed by atoms with van der Waals surface area (Å²) < 4.78 is 5.61. The summed E-state index contributed by atoms with van der Waals surface area (Å²) >= 11 is 0. The Kier molecular flexibility index (Phi) is 5.59. The molecule has 1 aromatic rings. The van der Waals surface area contributed by atoms with Crippen LogP contribution in [0, 0.1) is 0 Å². The number of rotatable bonds is 7. The summed E-state index contributed by atoms with van der Waals surface area (Å²) in [5, 5.41) is 3.52. The number of likely N-dealkylation sites (tertiary alicyclic amines) is 1. The fourth-order valence-electron chi connectivity index (χ4n) is 3.51. The monoisotopic (exact) mass is 291 g/mol. The van der Waals surface area contributed by atoms with Gasteiger partial charge in [0.25, 0.3) is 0 Å². The number of nitrogens with one attached hydrogen (secondary N) is 1. The van der Waals surface area contributed by atoms with Gasteiger partial charge < -0.3 is 10.1 Å². The van der Waals surface area contributed by atoms with E-state index in [1.807, 2.05) is 20.2 Å². The van der Waals surface area contributed by atoms with E-state index in [-0.39, 0.29) is 11.6 Å². The van der Waals surface area contributed by atoms with Crippen molar-refractivity contribution in [3.63, 3.8) is 0 Å². The van der Waals surface area contributed by atoms with E-state index in [1.54, 1.807) is 6.20 Å². The third kappa shape index (κ3) is 3.38. The molecule has 2 rings (SSSR count). The fourth-order valence-corrected chi connectivity index (χ4v) is 3.51. The molecule has 0 bridgehead atoms. The zero-order valence-corrected chi connectivity index (χ0v) is 13.9. The molecule has 0 amide bonds. The molecule has 0 radical (unpaired) electrons. The molecule has 1 aliphatic rings. The smallest absolute Gasteiger partial charge is 0.137 e. The van der Waals surface area contributed by atoms with Crippen molar-refractivity contribution in [2.45, 2.75) is 51.6 Å². The number of nitrogens with zero attached hydrogens (tertiary/aromatic N) is 2. The van der Waals surface area contributed by atoms with Crippen LogP contribution in [0.4, 0.5) is 0 Å². The minimum atomic E-state index is 0.109. The van der Waals surface area contributed by atoms with Gasteiger partial charge in [0.1, 0.15) is 5.75 Å². The average molecular weight is 291 g/mol. The minimum Gasteiger partial charge on any atom is -0.492 e. The molecule has 4 heteroatoms. The lowest BCUT2D eigenvalue weighted by Gasteiger charge is -2.44. The van der Waals surface area contributed by atoms with Gasteiger partial charge in [0.2, 0.25) is 0 Å². The summed E-state index contributed by atoms with van der Waals surface area (Å²) in [6.45, 7) is 9.71. The molecular formula is C17H29N3O. The molecule has 0 spiro atoms. The topological polar surface area (TPSA) is 37.4 Å². The summed E-state index contributed by atoms with van der Waals surface area (Å²) in [7, 11) is 2.04. The zero-order valence-electron chi connectivity index (χ0n) is 13.9. The van der Waals surface area contributed by atoms with Crippen LogP contribution in [0.2, 0.25) is 0 Å². The number of hydrogen-bond donors (Lipinski definition) is 1. The second-order valence-electron chi connectivity index (χ2n) is 6.01. The van der Waals surface area contributed by atoms with Crippen molar-refractivity contribution < 1.29 is 4.74 Å². The Hall–Kier alpha value is -1.13. The van der Waals surface area contributed by atoms with Crippen LogP contribution in [0.25, 0.3) is 0 Å². The Morgan fingerprint density at radius 3 is 2.62 bits per heavy atom. The van der Waals surface area contributed by atoms with Crippen molar-refractivity contribution in [1.29, 1.82) is 0 Å². The maximum atomic E-state index is 5.61. The van der Waals surface area contributed by atoms with Crippen molar-refractivity contribution >= 4 is 0 Å². The lowest BCUT2D eigenvalue weighted by atomic mass is 9.83. The predicted molar refractivity (Wildman–Crippen MR) is 86.7 cm³/mol. The summed E-state index contributed by atoms with van der Waals surface area (Å²) in [6, 6.07) is 2.38. The molecule has 21 heavy (non-hydrogen) atoms. The van der Waals surface area contributed by atoms with E-state index < -0.39 is 0 Å². The predicted octanol–water partition coefficient (Wildman–Crippen LogP) is 3.01. The third-order valence-corrected chi connectivity index (χ3v) is 4.83. The highest BCUT2D eigenvalue weighted by molar-refractivity contribution is 5.28. The van der Waals surface area contributed by atoms with Crippen LogP contribution in [0.5, 0.6) is 5.75 Å². The van der Waals surface area contributed by atoms with Crippen LogP contribution < -0.4 is 10.1 Å². The number of pyridine rings is 1. The number of ether oxygens (including phenoxy) is 1. The average Bonchev–Trinajstić information content (AvgIpc) is 3.03. The number of hydrogen-bond acceptors (Lipinski definition) is 4. The highest BCUT2D eigenvalue weighted by Crippen LogP contribution is 2.36. The molecule has 1 aliphatic heterocycles. The standard InChI is InChI=1S/C17H29N3O/c1-5-17(3,20-9-7-8-10-20)16(18-4)14-11-15(21-6-2)13-19-12-14/h11-13,16,18H,5-10H2,1-4H3. The van der Waals surface area contributed by atoms with E-state index in [0.717, 1.165) is 12.2 Å². The van der Waals surface area contributed by atoms with Gasteiger partial charge >= 0.3 is 0 Å². The maximum absolute atomic E-state index is 5.61. The third-order valence-electron chi connectivity index (χ3n) is 4.83. The van der Waals surface area contributed by atoms with Crippen LogP contribution in [-0.4, -0.2) is 42.2 Å². The van der Waals surface area contributed by atoms with Gasteiger partial charge in [-0.2, -0.15) is 0 Å². The lowest BCUT2D eigenvalue weighted by Crippen LogP contribution is -2.52. The van der Waals surface area contributed by atoms with Gasteiger partial charge in [0.15, 0.2) is 0 Å². The first kappa shape index (κ1) is 16.2. The van der Waals surface area contributed by atoms with Crippen molar-refractivity contribution in [2.24, 2.45) is 0 Å². The van der Waals surface area contributed by atoms with E-state index in [9.17, 15) is 0 Å². The van der Waals surface area contributed by atoms with Gasteiger partial charge in [0.05, 0.1) is 18.8 Å². The highest BCUT2D eigenvalue weighted by Gasteiger charge is 2.39. The molecule has 1 fully saturated rings. The van der Waals surface area contributed by atoms with Crippen molar-refractivity contribution in [1.82, 2.24) is 15.2 Å². The first-order valence-electron chi connectivity index (χ1n) is 8.15. The molecule has 118 valence electrons. The molecule has 2 heterocycles. The summed E-state index contributed by atoms with van der Waals surface area (Å²) in [4.78, 5) is 6.99. The van der Waals surface area contributed by atoms with Crippen LogP contribution >= 0.6 is 0 Å². The molecule has 2 atom stereocenters. The minimum absolute atomic E-state index is 0.109. The second kappa shape index (κ2) is 7.23. The first-order valence-corrected chi connectivity index (χ1v) is 8.15. The molecule has 1 aromatic heterocycles. The van der Waals surface area contributed by atoms with Crippen LogP contribution in [0.15, 0.2) is 18.5 Å². The Labute approximate surface area is 128 Å². The van der Waals surface area contributed by atoms with E-state index in [0.29, 0.717) is 6.61 Å². The second-order valence-corrected chi connectivity index (χ2v) is 6.01. The van der Waals surface area contributed by atoms with E-state index in [4.69, 9.17) is 4.74 Å². The largest absolute Gasteiger partial charge is 0.492 e. The Morgan fingerprint density at radius 2 is 2.05 bits per heavy atom. The molecule has 0 aliphatic carbocycles. The summed E-state index contributed by atoms with van der Waals surface area (Å²) in [5.41, 5.74) is 1.32. The summed E-state index contributed by atoms with van der Waals surface area (Å²) in [5.74, 6) is 0.857. The van der Waals surface area contributed by atoms with Crippen LogP contribution in [0.1, 0.15) is 51.6 Å². The number of likely N-dealkylation sites (N-methyl/N-ethyl adjacent to an activating group) is 1. The van der Waals surface area contributed by atoms with Gasteiger partial charge in [-0.15, -0.1) is 0 Å². The van der Waals surface area contributed by atoms with Gasteiger partial charge in [0, 0.05) is 11.7 Å². The molecule has 0 aromatic carbocycles. The Morgan fingerprint density at radius 1 is 1.33 bits per heavy atom. The van der Waals surface area contributed by atoms with Crippen LogP contribution in [0.3, 0.4) is 0 Å². The Bertz CT molecular complexity index is 445. The maximum Gasteiger partial charge on any atom is 0.137 e. The Balaban J connectivity index is 2.29. The van der Waals surface area contributed by atoms with Crippen molar-refractivity contribution in [3.8, 4) is 5.75 Å². The molecule has 2 unspecified atom stereocenters.